The van der Waals surface area contributed by atoms with E-state index in [9.17, 15) is 39.9 Å². The molecule has 0 bridgehead atoms. The van der Waals surface area contributed by atoms with Crippen molar-refractivity contribution in [2.75, 3.05) is 32.9 Å². The highest BCUT2D eigenvalue weighted by Crippen LogP contribution is 2.45. The molecule has 0 aromatic heterocycles. The predicted octanol–water partition coefficient (Wildman–Crippen LogP) is -0.250. The Labute approximate surface area is 311 Å². The minimum atomic E-state index is -1.56. The summed E-state index contributed by atoms with van der Waals surface area (Å²) >= 11 is 0. The molecule has 15 heteroatoms. The minimum Gasteiger partial charge on any atom is -0.456 e. The molecule has 3 aliphatic heterocycles. The number of carbonyl (C=O) groups excluding carboxylic acids is 3. The summed E-state index contributed by atoms with van der Waals surface area (Å²) in [4.78, 5) is 42.2. The topological polar surface area (TPSA) is 214 Å². The first kappa shape index (κ1) is 38.3. The van der Waals surface area contributed by atoms with E-state index >= 15 is 0 Å². The largest absolute Gasteiger partial charge is 0.456 e. The van der Waals surface area contributed by atoms with Gasteiger partial charge in [-0.1, -0.05) is 48.6 Å². The lowest BCUT2D eigenvalue weighted by Crippen LogP contribution is -2.59. The molecule has 6 N–H and O–H groups in total. The Morgan fingerprint density at radius 1 is 0.981 bits per heavy atom. The number of rotatable bonds is 11. The van der Waals surface area contributed by atoms with E-state index in [-0.39, 0.29) is 43.6 Å². The minimum absolute atomic E-state index is 0.0501. The molecule has 9 atom stereocenters. The van der Waals surface area contributed by atoms with E-state index in [1.807, 2.05) is 24.3 Å². The van der Waals surface area contributed by atoms with E-state index in [0.29, 0.717) is 43.4 Å². The fourth-order valence-electron chi connectivity index (χ4n) is 7.93. The van der Waals surface area contributed by atoms with Crippen LogP contribution in [0.15, 0.2) is 66.3 Å². The summed E-state index contributed by atoms with van der Waals surface area (Å²) in [6, 6.07) is 14.0. The molecule has 54 heavy (non-hydrogen) atoms. The fourth-order valence-corrected chi connectivity index (χ4v) is 7.93. The van der Waals surface area contributed by atoms with Crippen molar-refractivity contribution in [2.24, 2.45) is 0 Å². The van der Waals surface area contributed by atoms with Crippen LogP contribution in [0, 0.1) is 0 Å². The predicted molar refractivity (Wildman–Crippen MR) is 188 cm³/mol. The van der Waals surface area contributed by atoms with Gasteiger partial charge in [-0.25, -0.2) is 4.79 Å². The van der Waals surface area contributed by atoms with Crippen molar-refractivity contribution in [1.29, 1.82) is 0 Å². The summed E-state index contributed by atoms with van der Waals surface area (Å²) in [5.41, 5.74) is 3.43. The third kappa shape index (κ3) is 7.87. The van der Waals surface area contributed by atoms with Crippen molar-refractivity contribution in [3.8, 4) is 0 Å². The van der Waals surface area contributed by atoms with Gasteiger partial charge in [-0.15, -0.1) is 0 Å². The van der Waals surface area contributed by atoms with Gasteiger partial charge in [0.15, 0.2) is 12.1 Å². The van der Waals surface area contributed by atoms with Crippen molar-refractivity contribution < 1.29 is 63.6 Å². The van der Waals surface area contributed by atoms with Crippen LogP contribution in [0.25, 0.3) is 6.08 Å². The van der Waals surface area contributed by atoms with Gasteiger partial charge in [-0.05, 0) is 47.7 Å². The maximum absolute atomic E-state index is 14.0. The lowest BCUT2D eigenvalue weighted by atomic mass is 9.91. The molecule has 2 amide bonds. The summed E-state index contributed by atoms with van der Waals surface area (Å²) in [5, 5.41) is 51.4. The Morgan fingerprint density at radius 2 is 1.76 bits per heavy atom. The van der Waals surface area contributed by atoms with Gasteiger partial charge in [0.2, 0.25) is 11.8 Å². The number of aliphatic hydroxyl groups is 5. The fraction of sp³-hybridized carbons (Fsp3) is 0.513. The summed E-state index contributed by atoms with van der Waals surface area (Å²) in [5.74, 6) is -2.29. The average Bonchev–Trinajstić information content (AvgIpc) is 3.91. The highest BCUT2D eigenvalue weighted by Gasteiger charge is 2.55. The van der Waals surface area contributed by atoms with Gasteiger partial charge in [0.1, 0.15) is 48.8 Å². The van der Waals surface area contributed by atoms with Gasteiger partial charge in [0, 0.05) is 37.9 Å². The van der Waals surface area contributed by atoms with Crippen LogP contribution >= 0.6 is 0 Å². The maximum Gasteiger partial charge on any atom is 0.338 e. The molecule has 3 fully saturated rings. The van der Waals surface area contributed by atoms with E-state index in [0.717, 1.165) is 11.1 Å². The summed E-state index contributed by atoms with van der Waals surface area (Å²) in [6.07, 6.45) is -1.99. The smallest absolute Gasteiger partial charge is 0.338 e. The second-order valence-corrected chi connectivity index (χ2v) is 14.3. The van der Waals surface area contributed by atoms with Crippen LogP contribution in [0.5, 0.6) is 0 Å². The third-order valence-corrected chi connectivity index (χ3v) is 10.6. The SMILES string of the molecule is O=C(OC1CC(C(=O)N2CCCC2C(=O)NCCO)=CC2OC3(Cc4ccccc4C3)OC21)c1cccc(C=CCOC2OC(CO)C(O)C(O)C2O)c1. The zero-order valence-corrected chi connectivity index (χ0v) is 29.6. The van der Waals surface area contributed by atoms with E-state index in [1.165, 1.54) is 4.90 Å². The number of fused-ring (bicyclic) bond motifs is 2. The molecule has 15 nitrogen and oxygen atoms in total. The Bertz CT molecular complexity index is 1740. The second-order valence-electron chi connectivity index (χ2n) is 14.3. The van der Waals surface area contributed by atoms with Crippen molar-refractivity contribution in [3.63, 3.8) is 0 Å². The number of amides is 2. The van der Waals surface area contributed by atoms with Crippen molar-refractivity contribution in [1.82, 2.24) is 10.2 Å². The molecule has 2 aromatic carbocycles. The molecule has 2 aliphatic carbocycles. The molecule has 2 aromatic rings. The Kier molecular flexibility index (Phi) is 11.6. The van der Waals surface area contributed by atoms with Gasteiger partial charge in [0.25, 0.3) is 0 Å². The zero-order chi connectivity index (χ0) is 38.0. The molecular formula is C39H46N2O13. The molecule has 0 saturated carbocycles. The van der Waals surface area contributed by atoms with E-state index in [1.54, 1.807) is 42.5 Å². The number of nitrogens with one attached hydrogen (secondary N) is 1. The highest BCUT2D eigenvalue weighted by atomic mass is 16.8. The van der Waals surface area contributed by atoms with Gasteiger partial charge in [0.05, 0.1) is 25.4 Å². The Balaban J connectivity index is 1.05. The molecule has 9 unspecified atom stereocenters. The van der Waals surface area contributed by atoms with E-state index < -0.39 is 73.4 Å². The lowest BCUT2D eigenvalue weighted by molar-refractivity contribution is -0.298. The van der Waals surface area contributed by atoms with Crippen molar-refractivity contribution in [3.05, 3.63) is 88.5 Å². The number of aliphatic hydroxyl groups excluding tert-OH is 5. The van der Waals surface area contributed by atoms with Crippen LogP contribution < -0.4 is 5.32 Å². The monoisotopic (exact) mass is 750 g/mol. The number of esters is 1. The normalized spacial score (nSPS) is 31.3. The van der Waals surface area contributed by atoms with Gasteiger partial charge >= 0.3 is 5.97 Å². The van der Waals surface area contributed by atoms with Crippen molar-refractivity contribution >= 4 is 23.9 Å². The van der Waals surface area contributed by atoms with Crippen LogP contribution in [0.2, 0.25) is 0 Å². The van der Waals surface area contributed by atoms with Crippen molar-refractivity contribution in [2.45, 2.75) is 93.0 Å². The third-order valence-electron chi connectivity index (χ3n) is 10.6. The molecule has 3 saturated heterocycles. The maximum atomic E-state index is 14.0. The molecule has 1 spiro atoms. The second kappa shape index (κ2) is 16.4. The standard InChI is InChI=1S/C39H46N2O13/c42-14-12-40-35(47)27-11-4-13-41(27)36(48)26-17-28(34-29(18-26)53-39(54-34)19-24-8-1-2-9-25(24)20-39)51-37(49)23-10-3-6-22(16-23)7-5-15-50-38-33(46)32(45)31(44)30(21-43)52-38/h1-3,5-10,16,18,27-34,38,42-46H,4,11-15,17,19-21H2,(H,40,47). The number of hydrogen-bond acceptors (Lipinski definition) is 13. The van der Waals surface area contributed by atoms with E-state index in [4.69, 9.17) is 23.7 Å². The van der Waals surface area contributed by atoms with Gasteiger partial charge < -0.3 is 59.4 Å². The highest BCUT2D eigenvalue weighted by molar-refractivity contribution is 5.98. The molecule has 290 valence electrons. The molecule has 3 heterocycles. The average molecular weight is 751 g/mol. The van der Waals surface area contributed by atoms with Crippen LogP contribution in [-0.2, 0) is 46.1 Å². The van der Waals surface area contributed by atoms with Crippen LogP contribution in [0.1, 0.15) is 46.3 Å². The first-order valence-electron chi connectivity index (χ1n) is 18.3. The molecular weight excluding hydrogens is 704 g/mol. The van der Waals surface area contributed by atoms with E-state index in [2.05, 4.69) is 5.32 Å². The van der Waals surface area contributed by atoms with Crippen LogP contribution in [0.3, 0.4) is 0 Å². The summed E-state index contributed by atoms with van der Waals surface area (Å²) in [7, 11) is 0. The van der Waals surface area contributed by atoms with Gasteiger partial charge in [-0.2, -0.15) is 0 Å². The number of carbonyl (C=O) groups is 3. The van der Waals surface area contributed by atoms with Crippen LogP contribution in [-0.4, -0.2) is 142 Å². The number of benzene rings is 2. The quantitative estimate of drug-likeness (QED) is 0.164. The number of nitrogens with zero attached hydrogens (tertiary/aromatic N) is 1. The number of ether oxygens (including phenoxy) is 5. The first-order chi connectivity index (χ1) is 26.1. The zero-order valence-electron chi connectivity index (χ0n) is 29.6. The Morgan fingerprint density at radius 3 is 2.50 bits per heavy atom. The summed E-state index contributed by atoms with van der Waals surface area (Å²) < 4.78 is 30.2. The summed E-state index contributed by atoms with van der Waals surface area (Å²) in [6.45, 7) is -0.371. The van der Waals surface area contributed by atoms with Gasteiger partial charge in [-0.3, -0.25) is 9.59 Å². The first-order valence-corrected chi connectivity index (χ1v) is 18.3. The molecule has 5 aliphatic rings. The number of likely N-dealkylation sites (tertiary alicyclic amines) is 1. The molecule has 0 radical (unpaired) electrons. The molecule has 7 rings (SSSR count). The lowest BCUT2D eigenvalue weighted by Gasteiger charge is -2.39. The number of hydrogen-bond donors (Lipinski definition) is 6. The van der Waals surface area contributed by atoms with Crippen LogP contribution in [0.4, 0.5) is 0 Å². The Hall–Kier alpha value is -4.03.